The highest BCUT2D eigenvalue weighted by atomic mass is 35.5. The van der Waals surface area contributed by atoms with Gasteiger partial charge in [-0.1, -0.05) is 157 Å². The molecule has 0 saturated carbocycles. The maximum atomic E-state index is 6.46. The van der Waals surface area contributed by atoms with Crippen LogP contribution in [-0.4, -0.2) is 5.11 Å². The molecule has 0 aromatic heterocycles. The predicted octanol–water partition coefficient (Wildman–Crippen LogP) is 10.2. The number of fused-ring (bicyclic) bond motifs is 2. The molecule has 0 spiro atoms. The average Bonchev–Trinajstić information content (AvgIpc) is 3.09. The largest absolute Gasteiger partial charge is 0.358 e. The monoisotopic (exact) mass is 670 g/mol. The van der Waals surface area contributed by atoms with Crippen molar-refractivity contribution in [2.75, 3.05) is 5.32 Å². The zero-order valence-corrected chi connectivity index (χ0v) is 28.0. The molecular weight excluding hydrogens is 642 g/mol. The van der Waals surface area contributed by atoms with Crippen LogP contribution in [0.4, 0.5) is 5.69 Å². The van der Waals surface area contributed by atoms with Crippen molar-refractivity contribution in [2.45, 2.75) is 6.54 Å². The summed E-state index contributed by atoms with van der Waals surface area (Å²) in [6.45, 7) is 0.403. The molecule has 0 unspecified atom stereocenters. The van der Waals surface area contributed by atoms with Gasteiger partial charge >= 0.3 is 0 Å². The highest BCUT2D eigenvalue weighted by Gasteiger charge is 2.25. The number of anilines is 1. The molecule has 224 valence electrons. The normalized spacial score (nSPS) is 11.2. The summed E-state index contributed by atoms with van der Waals surface area (Å²) in [6.07, 6.45) is 0. The van der Waals surface area contributed by atoms with Crippen molar-refractivity contribution in [1.29, 1.82) is 0 Å². The van der Waals surface area contributed by atoms with Crippen LogP contribution < -0.4 is 26.5 Å². The number of hydrogen-bond donors (Lipinski definition) is 2. The summed E-state index contributed by atoms with van der Waals surface area (Å²) < 4.78 is 0. The van der Waals surface area contributed by atoms with Crippen LogP contribution in [0.5, 0.6) is 0 Å². The first kappa shape index (κ1) is 30.4. The van der Waals surface area contributed by atoms with E-state index in [0.717, 1.165) is 27.6 Å². The van der Waals surface area contributed by atoms with E-state index in [9.17, 15) is 0 Å². The Morgan fingerprint density at radius 1 is 0.543 bits per heavy atom. The van der Waals surface area contributed by atoms with Gasteiger partial charge in [0.05, 0.1) is 0 Å². The summed E-state index contributed by atoms with van der Waals surface area (Å²) in [6, 6.07) is 53.3. The molecule has 0 aliphatic carbocycles. The second kappa shape index (κ2) is 13.6. The van der Waals surface area contributed by atoms with Crippen molar-refractivity contribution < 1.29 is 0 Å². The molecule has 2 nitrogen and oxygen atoms in total. The van der Waals surface area contributed by atoms with Crippen LogP contribution in [0.1, 0.15) is 5.56 Å². The molecule has 46 heavy (non-hydrogen) atoms. The van der Waals surface area contributed by atoms with E-state index in [1.165, 1.54) is 32.2 Å². The molecule has 7 rings (SSSR count). The number of halogens is 2. The zero-order chi connectivity index (χ0) is 31.5. The highest BCUT2D eigenvalue weighted by molar-refractivity contribution is 7.80. The third kappa shape index (κ3) is 6.12. The molecule has 6 heteroatoms. The summed E-state index contributed by atoms with van der Waals surface area (Å²) in [4.78, 5) is 0. The van der Waals surface area contributed by atoms with Gasteiger partial charge in [0.15, 0.2) is 5.11 Å². The Labute approximate surface area is 285 Å². The van der Waals surface area contributed by atoms with E-state index in [4.69, 9.17) is 35.4 Å². The minimum absolute atomic E-state index is 0.403. The van der Waals surface area contributed by atoms with Crippen molar-refractivity contribution in [3.63, 3.8) is 0 Å². The Morgan fingerprint density at radius 2 is 1.07 bits per heavy atom. The van der Waals surface area contributed by atoms with Gasteiger partial charge in [0.1, 0.15) is 0 Å². The molecule has 0 amide bonds. The van der Waals surface area contributed by atoms with E-state index in [0.29, 0.717) is 21.7 Å². The molecule has 7 aromatic rings. The van der Waals surface area contributed by atoms with Crippen molar-refractivity contribution in [3.05, 3.63) is 167 Å². The van der Waals surface area contributed by atoms with Crippen LogP contribution in [0.2, 0.25) is 10.0 Å². The van der Waals surface area contributed by atoms with E-state index < -0.39 is 7.92 Å². The molecule has 0 heterocycles. The van der Waals surface area contributed by atoms with E-state index in [-0.39, 0.29) is 0 Å². The van der Waals surface area contributed by atoms with E-state index in [2.05, 4.69) is 144 Å². The number of thiocarbonyl (C=S) groups is 1. The van der Waals surface area contributed by atoms with Gasteiger partial charge in [-0.05, 0) is 75.8 Å². The van der Waals surface area contributed by atoms with Crippen LogP contribution in [-0.2, 0) is 6.54 Å². The smallest absolute Gasteiger partial charge is 0.171 e. The summed E-state index contributed by atoms with van der Waals surface area (Å²) >= 11 is 18.8. The fourth-order valence-electron chi connectivity index (χ4n) is 5.97. The number of hydrogen-bond acceptors (Lipinski definition) is 1. The fourth-order valence-corrected chi connectivity index (χ4v) is 9.16. The Hall–Kier alpha value is -4.24. The lowest BCUT2D eigenvalue weighted by molar-refractivity contribution is 0.926. The van der Waals surface area contributed by atoms with Crippen molar-refractivity contribution in [3.8, 4) is 11.1 Å². The molecule has 0 radical (unpaired) electrons. The highest BCUT2D eigenvalue weighted by Crippen LogP contribution is 2.44. The lowest BCUT2D eigenvalue weighted by Gasteiger charge is -2.26. The van der Waals surface area contributed by atoms with E-state index in [1.54, 1.807) is 0 Å². The van der Waals surface area contributed by atoms with Crippen molar-refractivity contribution in [2.24, 2.45) is 0 Å². The Balaban J connectivity index is 1.43. The molecule has 7 aromatic carbocycles. The number of nitrogens with one attached hydrogen (secondary N) is 2. The zero-order valence-electron chi connectivity index (χ0n) is 24.8. The first-order chi connectivity index (χ1) is 22.6. The predicted molar refractivity (Wildman–Crippen MR) is 205 cm³/mol. The van der Waals surface area contributed by atoms with Crippen LogP contribution in [0, 0.1) is 0 Å². The molecule has 0 bridgehead atoms. The summed E-state index contributed by atoms with van der Waals surface area (Å²) in [7, 11) is -0.902. The molecule has 0 aliphatic heterocycles. The standard InChI is InChI=1S/C40H29Cl2N2PS/c41-34-20-11-21-35(42)33(34)26-43-40(46)44-36-24-22-27-12-7-9-18-31(27)38(36)39-32-19-10-8-13-28(32)23-25-37(39)45(29-14-3-1-4-15-29)30-16-5-2-6-17-30/h1-25H,26H2,(H2,43,44,46). The minimum atomic E-state index is -0.902. The molecule has 2 N–H and O–H groups in total. The van der Waals surface area contributed by atoms with E-state index in [1.807, 2.05) is 18.2 Å². The summed E-state index contributed by atoms with van der Waals surface area (Å²) in [5.74, 6) is 0. The quantitative estimate of drug-likeness (QED) is 0.130. The van der Waals surface area contributed by atoms with Gasteiger partial charge in [0, 0.05) is 39.0 Å². The van der Waals surface area contributed by atoms with Gasteiger partial charge < -0.3 is 10.6 Å². The lowest BCUT2D eigenvalue weighted by atomic mass is 9.92. The lowest BCUT2D eigenvalue weighted by Crippen LogP contribution is -2.28. The number of rotatable bonds is 7. The molecule has 0 atom stereocenters. The van der Waals surface area contributed by atoms with Gasteiger partial charge in [-0.3, -0.25) is 0 Å². The van der Waals surface area contributed by atoms with Gasteiger partial charge in [-0.25, -0.2) is 0 Å². The number of benzene rings is 7. The SMILES string of the molecule is S=C(NCc1c(Cl)cccc1Cl)Nc1ccc2ccccc2c1-c1c(P(c2ccccc2)c2ccccc2)ccc2ccccc12. The Bertz CT molecular complexity index is 2130. The topological polar surface area (TPSA) is 24.1 Å². The average molecular weight is 672 g/mol. The molecular formula is C40H29Cl2N2PS. The van der Waals surface area contributed by atoms with Crippen LogP contribution in [0.15, 0.2) is 152 Å². The van der Waals surface area contributed by atoms with Crippen molar-refractivity contribution in [1.82, 2.24) is 5.32 Å². The maximum absolute atomic E-state index is 6.46. The Morgan fingerprint density at radius 3 is 1.67 bits per heavy atom. The maximum Gasteiger partial charge on any atom is 0.171 e. The first-order valence-corrected chi connectivity index (χ1v) is 17.5. The van der Waals surface area contributed by atoms with Crippen LogP contribution >= 0.6 is 43.3 Å². The Kier molecular flexibility index (Phi) is 9.01. The third-order valence-electron chi connectivity index (χ3n) is 8.09. The summed E-state index contributed by atoms with van der Waals surface area (Å²) in [5.41, 5.74) is 4.05. The van der Waals surface area contributed by atoms with Crippen LogP contribution in [0.25, 0.3) is 32.7 Å². The van der Waals surface area contributed by atoms with Gasteiger partial charge in [-0.15, -0.1) is 0 Å². The van der Waals surface area contributed by atoms with Gasteiger partial charge in [-0.2, -0.15) is 0 Å². The third-order valence-corrected chi connectivity index (χ3v) is 11.5. The first-order valence-electron chi connectivity index (χ1n) is 15.0. The second-order valence-corrected chi connectivity index (χ2v) is 14.3. The van der Waals surface area contributed by atoms with E-state index >= 15 is 0 Å². The second-order valence-electron chi connectivity index (χ2n) is 10.9. The molecule has 0 fully saturated rings. The van der Waals surface area contributed by atoms with Gasteiger partial charge in [0.2, 0.25) is 0 Å². The minimum Gasteiger partial charge on any atom is -0.358 e. The van der Waals surface area contributed by atoms with Gasteiger partial charge in [0.25, 0.3) is 0 Å². The molecule has 0 aliphatic rings. The fraction of sp³-hybridized carbons (Fsp3) is 0.0250. The van der Waals surface area contributed by atoms with Crippen LogP contribution in [0.3, 0.4) is 0 Å². The van der Waals surface area contributed by atoms with Crippen molar-refractivity contribution >= 4 is 91.6 Å². The molecule has 0 saturated heterocycles. The summed E-state index contributed by atoms with van der Waals surface area (Å²) in [5, 5.41) is 17.2.